The maximum absolute atomic E-state index is 8.77. The molecule has 2 aliphatic rings. The largest absolute Gasteiger partial charge is 0.508 e. The second-order valence-electron chi connectivity index (χ2n) is 1.76. The van der Waals surface area contributed by atoms with Crippen molar-refractivity contribution in [3.05, 3.63) is 18.2 Å². The van der Waals surface area contributed by atoms with Crippen LogP contribution < -0.4 is 4.74 Å². The molecule has 0 unspecified atom stereocenters. The molecule has 1 aromatic rings. The normalized spacial score (nSPS) is 12.0. The van der Waals surface area contributed by atoms with Gasteiger partial charge in [0.2, 0.25) is 0 Å². The van der Waals surface area contributed by atoms with Gasteiger partial charge in [0.05, 0.1) is 0 Å². The Hall–Kier alpha value is -1.18. The van der Waals surface area contributed by atoms with Crippen LogP contribution >= 0.6 is 0 Å². The van der Waals surface area contributed by atoms with Gasteiger partial charge in [0.15, 0.2) is 0 Å². The van der Waals surface area contributed by atoms with Crippen LogP contribution in [0.2, 0.25) is 0 Å². The molecule has 2 nitrogen and oxygen atoms in total. The predicted molar refractivity (Wildman–Crippen MR) is 28.2 cm³/mol. The maximum atomic E-state index is 8.77. The Morgan fingerprint density at radius 2 is 1.62 bits per heavy atom. The van der Waals surface area contributed by atoms with Crippen LogP contribution in [0.25, 0.3) is 0 Å². The van der Waals surface area contributed by atoms with E-state index in [4.69, 9.17) is 9.84 Å². The van der Waals surface area contributed by atoms with Gasteiger partial charge in [0.1, 0.15) is 17.2 Å². The molecule has 0 atom stereocenters. The van der Waals surface area contributed by atoms with E-state index in [1.54, 1.807) is 12.1 Å². The van der Waals surface area contributed by atoms with Gasteiger partial charge in [-0.2, -0.15) is 0 Å². The average Bonchev–Trinajstić information content (AvgIpc) is 1.62. The van der Waals surface area contributed by atoms with Gasteiger partial charge in [-0.15, -0.1) is 0 Å². The van der Waals surface area contributed by atoms with Gasteiger partial charge in [0.25, 0.3) is 0 Å². The van der Waals surface area contributed by atoms with Gasteiger partial charge in [-0.1, -0.05) is 0 Å². The van der Waals surface area contributed by atoms with Gasteiger partial charge < -0.3 is 9.84 Å². The molecule has 0 aromatic heterocycles. The van der Waals surface area contributed by atoms with E-state index in [-0.39, 0.29) is 5.75 Å². The number of benzene rings is 1. The zero-order valence-electron chi connectivity index (χ0n) is 4.09. The van der Waals surface area contributed by atoms with E-state index in [1.165, 1.54) is 0 Å². The van der Waals surface area contributed by atoms with Crippen LogP contribution in [0.4, 0.5) is 0 Å². The number of aromatic hydroxyl groups is 1. The van der Waals surface area contributed by atoms with Crippen LogP contribution in [-0.4, -0.2) is 5.11 Å². The van der Waals surface area contributed by atoms with Crippen LogP contribution in [0.3, 0.4) is 0 Å². The number of phenols is 1. The summed E-state index contributed by atoms with van der Waals surface area (Å²) in [7, 11) is 0. The summed E-state index contributed by atoms with van der Waals surface area (Å²) in [5, 5.41) is 8.77. The minimum absolute atomic E-state index is 0.281. The molecule has 0 amide bonds. The summed E-state index contributed by atoms with van der Waals surface area (Å²) in [4.78, 5) is 0. The van der Waals surface area contributed by atoms with E-state index in [2.05, 4.69) is 0 Å². The zero-order chi connectivity index (χ0) is 5.56. The lowest BCUT2D eigenvalue weighted by atomic mass is 10.2. The van der Waals surface area contributed by atoms with Gasteiger partial charge in [-0.25, -0.2) is 0 Å². The minimum atomic E-state index is 0.281. The number of fused-ring (bicyclic) bond motifs is 2. The molecule has 2 bridgehead atoms. The zero-order valence-corrected chi connectivity index (χ0v) is 4.09. The summed E-state index contributed by atoms with van der Waals surface area (Å²) in [6.45, 7) is 0. The highest BCUT2D eigenvalue weighted by Crippen LogP contribution is 2.38. The predicted octanol–water partition coefficient (Wildman–Crippen LogP) is 1.50. The van der Waals surface area contributed by atoms with E-state index in [1.807, 2.05) is 6.07 Å². The minimum Gasteiger partial charge on any atom is -0.508 e. The van der Waals surface area contributed by atoms with Crippen molar-refractivity contribution >= 4 is 0 Å². The standard InChI is InChI=1S/C6H4O2/c7-4-1-5-3-6(2-4)8-5/h1-3,7H. The Kier molecular flexibility index (Phi) is 0.457. The van der Waals surface area contributed by atoms with Crippen LogP contribution in [0.5, 0.6) is 17.2 Å². The molecule has 3 rings (SSSR count). The van der Waals surface area contributed by atoms with E-state index in [0.717, 1.165) is 11.5 Å². The first-order valence-corrected chi connectivity index (χ1v) is 2.36. The smallest absolute Gasteiger partial charge is 0.134 e. The van der Waals surface area contributed by atoms with Crippen molar-refractivity contribution in [2.24, 2.45) is 0 Å². The number of hydrogen-bond donors (Lipinski definition) is 1. The molecule has 40 valence electrons. The third-order valence-corrected chi connectivity index (χ3v) is 1.10. The van der Waals surface area contributed by atoms with Crippen molar-refractivity contribution in [1.29, 1.82) is 0 Å². The highest BCUT2D eigenvalue weighted by atomic mass is 16.5. The molecule has 0 saturated heterocycles. The highest BCUT2D eigenvalue weighted by molar-refractivity contribution is 5.50. The summed E-state index contributed by atoms with van der Waals surface area (Å²) in [6.07, 6.45) is 0. The van der Waals surface area contributed by atoms with Gasteiger partial charge in [-0.05, 0) is 0 Å². The Morgan fingerprint density at radius 3 is 1.88 bits per heavy atom. The molecule has 1 N–H and O–H groups in total. The maximum Gasteiger partial charge on any atom is 0.134 e. The quantitative estimate of drug-likeness (QED) is 0.554. The van der Waals surface area contributed by atoms with Crippen LogP contribution in [-0.2, 0) is 0 Å². The van der Waals surface area contributed by atoms with E-state index in [9.17, 15) is 0 Å². The third-order valence-electron chi connectivity index (χ3n) is 1.10. The van der Waals surface area contributed by atoms with E-state index >= 15 is 0 Å². The second kappa shape index (κ2) is 0.968. The van der Waals surface area contributed by atoms with E-state index in [0.29, 0.717) is 0 Å². The number of hydrogen-bond acceptors (Lipinski definition) is 2. The Balaban J connectivity index is 2.69. The first kappa shape index (κ1) is 3.78. The highest BCUT2D eigenvalue weighted by Gasteiger charge is 2.10. The first-order valence-electron chi connectivity index (χ1n) is 2.36. The van der Waals surface area contributed by atoms with E-state index < -0.39 is 0 Å². The second-order valence-corrected chi connectivity index (χ2v) is 1.76. The summed E-state index contributed by atoms with van der Waals surface area (Å²) < 4.78 is 4.93. The molecule has 2 aliphatic heterocycles. The molecular formula is C6H4O2. The van der Waals surface area contributed by atoms with Crippen LogP contribution in [0.15, 0.2) is 18.2 Å². The SMILES string of the molecule is Oc1cc2cc(c1)O2. The van der Waals surface area contributed by atoms with Crippen LogP contribution in [0, 0.1) is 0 Å². The molecule has 0 aliphatic carbocycles. The van der Waals surface area contributed by atoms with Crippen molar-refractivity contribution in [3.8, 4) is 17.2 Å². The molecule has 1 aromatic carbocycles. The molecule has 0 saturated carbocycles. The summed E-state index contributed by atoms with van der Waals surface area (Å²) in [5.41, 5.74) is 0. The van der Waals surface area contributed by atoms with Gasteiger partial charge in [0, 0.05) is 18.2 Å². The summed E-state index contributed by atoms with van der Waals surface area (Å²) in [5.74, 6) is 1.78. The molecule has 0 spiro atoms. The lowest BCUT2D eigenvalue weighted by Crippen LogP contribution is -1.92. The molecule has 8 heavy (non-hydrogen) atoms. The fourth-order valence-electron chi connectivity index (χ4n) is 0.753. The van der Waals surface area contributed by atoms with Crippen molar-refractivity contribution in [1.82, 2.24) is 0 Å². The van der Waals surface area contributed by atoms with Gasteiger partial charge in [-0.3, -0.25) is 0 Å². The Labute approximate surface area is 46.3 Å². The molecule has 0 radical (unpaired) electrons. The Bertz CT molecular complexity index is 208. The molecular weight excluding hydrogens is 104 g/mol. The lowest BCUT2D eigenvalue weighted by Gasteiger charge is -2.15. The van der Waals surface area contributed by atoms with Crippen LogP contribution in [0.1, 0.15) is 0 Å². The molecule has 2 heteroatoms. The number of ether oxygens (including phenoxy) is 1. The lowest BCUT2D eigenvalue weighted by molar-refractivity contribution is 0.410. The van der Waals surface area contributed by atoms with Crippen molar-refractivity contribution in [2.45, 2.75) is 0 Å². The third kappa shape index (κ3) is 0.320. The number of phenolic OH excluding ortho intramolecular Hbond substituents is 1. The topological polar surface area (TPSA) is 29.5 Å². The molecule has 0 fully saturated rings. The monoisotopic (exact) mass is 108 g/mol. The van der Waals surface area contributed by atoms with Gasteiger partial charge >= 0.3 is 0 Å². The van der Waals surface area contributed by atoms with Crippen molar-refractivity contribution in [3.63, 3.8) is 0 Å². The fourth-order valence-corrected chi connectivity index (χ4v) is 0.753. The average molecular weight is 108 g/mol. The summed E-state index contributed by atoms with van der Waals surface area (Å²) >= 11 is 0. The summed E-state index contributed by atoms with van der Waals surface area (Å²) in [6, 6.07) is 5.01. The van der Waals surface area contributed by atoms with Crippen molar-refractivity contribution < 1.29 is 9.84 Å². The van der Waals surface area contributed by atoms with Crippen molar-refractivity contribution in [2.75, 3.05) is 0 Å². The number of rotatable bonds is 0. The fraction of sp³-hybridized carbons (Fsp3) is 0. The first-order chi connectivity index (χ1) is 3.84. The molecule has 2 heterocycles. The Morgan fingerprint density at radius 1 is 1.12 bits per heavy atom.